The van der Waals surface area contributed by atoms with E-state index < -0.39 is 0 Å². The molecule has 35 heavy (non-hydrogen) atoms. The van der Waals surface area contributed by atoms with Crippen LogP contribution in [0.15, 0.2) is 120 Å². The van der Waals surface area contributed by atoms with Crippen molar-refractivity contribution in [3.05, 3.63) is 115 Å². The van der Waals surface area contributed by atoms with E-state index >= 15 is 0 Å². The zero-order valence-corrected chi connectivity index (χ0v) is 18.7. The van der Waals surface area contributed by atoms with E-state index in [1.54, 1.807) is 0 Å². The molecule has 7 aromatic rings. The van der Waals surface area contributed by atoms with Gasteiger partial charge in [-0.25, -0.2) is 15.0 Å². The number of hydrogen-bond donors (Lipinski definition) is 0. The van der Waals surface area contributed by atoms with Crippen molar-refractivity contribution in [2.24, 2.45) is 0 Å². The fourth-order valence-electron chi connectivity index (χ4n) is 4.61. The second-order valence-electron chi connectivity index (χ2n) is 8.51. The van der Waals surface area contributed by atoms with Gasteiger partial charge in [-0.2, -0.15) is 0 Å². The molecule has 0 atom stereocenters. The van der Waals surface area contributed by atoms with E-state index in [2.05, 4.69) is 48.5 Å². The topological polar surface area (TPSA) is 51.8 Å². The Morgan fingerprint density at radius 1 is 0.514 bits per heavy atom. The molecule has 0 aliphatic heterocycles. The van der Waals surface area contributed by atoms with Gasteiger partial charge in [0.15, 0.2) is 11.4 Å². The molecule has 2 aromatic heterocycles. The molecule has 164 valence electrons. The Kier molecular flexibility index (Phi) is 4.42. The van der Waals surface area contributed by atoms with Crippen LogP contribution in [0, 0.1) is 0 Å². The van der Waals surface area contributed by atoms with E-state index in [-0.39, 0.29) is 0 Å². The van der Waals surface area contributed by atoms with Crippen molar-refractivity contribution in [3.8, 4) is 34.1 Å². The highest BCUT2D eigenvalue weighted by Gasteiger charge is 2.15. The third-order valence-electron chi connectivity index (χ3n) is 6.31. The summed E-state index contributed by atoms with van der Waals surface area (Å²) in [4.78, 5) is 14.7. The lowest BCUT2D eigenvalue weighted by atomic mass is 9.99. The van der Waals surface area contributed by atoms with Gasteiger partial charge in [0.25, 0.3) is 0 Å². The lowest BCUT2D eigenvalue weighted by Crippen LogP contribution is -1.95. The summed E-state index contributed by atoms with van der Waals surface area (Å²) in [5, 5.41) is 3.39. The lowest BCUT2D eigenvalue weighted by Gasteiger charge is -2.11. The van der Waals surface area contributed by atoms with Gasteiger partial charge in [0.05, 0.1) is 11.2 Å². The average molecular weight is 450 g/mol. The molecule has 0 saturated carbocycles. The average Bonchev–Trinajstić information content (AvgIpc) is 3.36. The molecule has 0 saturated heterocycles. The maximum absolute atomic E-state index is 6.00. The standard InChI is InChI=1S/C31H19N3O/c1-2-10-21(11-3-1)31-33-27-19-22(17-18-28(27)35-31)30-32-26-16-7-6-14-25(26)29(34-30)24-15-8-12-20-9-4-5-13-23(20)24/h1-19H. The largest absolute Gasteiger partial charge is 0.436 e. The van der Waals surface area contributed by atoms with Gasteiger partial charge in [0.2, 0.25) is 5.89 Å². The van der Waals surface area contributed by atoms with E-state index in [1.165, 1.54) is 10.8 Å². The highest BCUT2D eigenvalue weighted by Crippen LogP contribution is 2.34. The molecule has 0 N–H and O–H groups in total. The lowest BCUT2D eigenvalue weighted by molar-refractivity contribution is 0.620. The van der Waals surface area contributed by atoms with Crippen molar-refractivity contribution in [1.29, 1.82) is 0 Å². The second-order valence-corrected chi connectivity index (χ2v) is 8.51. The Labute approximate surface area is 201 Å². The molecule has 0 bridgehead atoms. The summed E-state index contributed by atoms with van der Waals surface area (Å²) < 4.78 is 6.00. The van der Waals surface area contributed by atoms with Gasteiger partial charge in [-0.05, 0) is 47.2 Å². The van der Waals surface area contributed by atoms with E-state index in [0.29, 0.717) is 11.7 Å². The molecular formula is C31H19N3O. The van der Waals surface area contributed by atoms with E-state index in [4.69, 9.17) is 19.4 Å². The number of rotatable bonds is 3. The molecular weight excluding hydrogens is 430 g/mol. The summed E-state index contributed by atoms with van der Waals surface area (Å²) in [7, 11) is 0. The van der Waals surface area contributed by atoms with Gasteiger partial charge in [-0.3, -0.25) is 0 Å². The predicted octanol–water partition coefficient (Wildman–Crippen LogP) is 7.93. The van der Waals surface area contributed by atoms with Crippen LogP contribution in [0.5, 0.6) is 0 Å². The molecule has 0 fully saturated rings. The molecule has 0 radical (unpaired) electrons. The van der Waals surface area contributed by atoms with Crippen LogP contribution >= 0.6 is 0 Å². The first-order chi connectivity index (χ1) is 17.3. The maximum atomic E-state index is 6.00. The summed E-state index contributed by atoms with van der Waals surface area (Å²) in [6.07, 6.45) is 0. The molecule has 4 heteroatoms. The molecule has 0 amide bonds. The molecule has 0 spiro atoms. The first-order valence-corrected chi connectivity index (χ1v) is 11.5. The third-order valence-corrected chi connectivity index (χ3v) is 6.31. The summed E-state index contributed by atoms with van der Waals surface area (Å²) in [6.45, 7) is 0. The fourth-order valence-corrected chi connectivity index (χ4v) is 4.61. The summed E-state index contributed by atoms with van der Waals surface area (Å²) in [5.74, 6) is 1.27. The number of para-hydroxylation sites is 1. The first kappa shape index (κ1) is 19.6. The normalized spacial score (nSPS) is 11.4. The molecule has 0 aliphatic carbocycles. The van der Waals surface area contributed by atoms with Crippen LogP contribution in [-0.2, 0) is 0 Å². The minimum Gasteiger partial charge on any atom is -0.436 e. The van der Waals surface area contributed by atoms with E-state index in [0.717, 1.165) is 44.4 Å². The first-order valence-electron chi connectivity index (χ1n) is 11.5. The Morgan fingerprint density at radius 3 is 2.20 bits per heavy atom. The van der Waals surface area contributed by atoms with E-state index in [1.807, 2.05) is 66.7 Å². The van der Waals surface area contributed by atoms with Crippen LogP contribution in [0.3, 0.4) is 0 Å². The summed E-state index contributed by atoms with van der Waals surface area (Å²) >= 11 is 0. The fraction of sp³-hybridized carbons (Fsp3) is 0. The summed E-state index contributed by atoms with van der Waals surface area (Å²) in [5.41, 5.74) is 6.30. The van der Waals surface area contributed by atoms with Gasteiger partial charge in [0.1, 0.15) is 5.52 Å². The van der Waals surface area contributed by atoms with Crippen molar-refractivity contribution in [1.82, 2.24) is 15.0 Å². The molecule has 7 rings (SSSR count). The predicted molar refractivity (Wildman–Crippen MR) is 141 cm³/mol. The van der Waals surface area contributed by atoms with Crippen molar-refractivity contribution in [2.45, 2.75) is 0 Å². The third kappa shape index (κ3) is 3.35. The van der Waals surface area contributed by atoms with Crippen LogP contribution < -0.4 is 0 Å². The quantitative estimate of drug-likeness (QED) is 0.275. The van der Waals surface area contributed by atoms with Gasteiger partial charge >= 0.3 is 0 Å². The van der Waals surface area contributed by atoms with Crippen LogP contribution in [0.1, 0.15) is 0 Å². The van der Waals surface area contributed by atoms with Crippen molar-refractivity contribution in [2.75, 3.05) is 0 Å². The highest BCUT2D eigenvalue weighted by molar-refractivity contribution is 6.03. The molecule has 5 aromatic carbocycles. The smallest absolute Gasteiger partial charge is 0.227 e. The van der Waals surface area contributed by atoms with Crippen LogP contribution in [0.4, 0.5) is 0 Å². The minimum absolute atomic E-state index is 0.605. The highest BCUT2D eigenvalue weighted by atomic mass is 16.3. The number of fused-ring (bicyclic) bond motifs is 3. The Hall–Kier alpha value is -4.83. The SMILES string of the molecule is c1ccc(-c2nc3cc(-c4nc(-c5cccc6ccccc56)c5ccccc5n4)ccc3o2)cc1. The van der Waals surface area contributed by atoms with Gasteiger partial charge in [-0.1, -0.05) is 78.9 Å². The molecule has 0 aliphatic rings. The van der Waals surface area contributed by atoms with Gasteiger partial charge in [-0.15, -0.1) is 0 Å². The van der Waals surface area contributed by atoms with E-state index in [9.17, 15) is 0 Å². The molecule has 4 nitrogen and oxygen atoms in total. The number of hydrogen-bond acceptors (Lipinski definition) is 4. The Balaban J connectivity index is 1.43. The monoisotopic (exact) mass is 449 g/mol. The van der Waals surface area contributed by atoms with Crippen LogP contribution in [0.25, 0.3) is 66.9 Å². The number of nitrogens with zero attached hydrogens (tertiary/aromatic N) is 3. The van der Waals surface area contributed by atoms with Crippen LogP contribution in [-0.4, -0.2) is 15.0 Å². The molecule has 0 unspecified atom stereocenters. The van der Waals surface area contributed by atoms with Crippen molar-refractivity contribution < 1.29 is 4.42 Å². The Morgan fingerprint density at radius 2 is 1.29 bits per heavy atom. The zero-order chi connectivity index (χ0) is 23.2. The van der Waals surface area contributed by atoms with Gasteiger partial charge in [0, 0.05) is 22.1 Å². The zero-order valence-electron chi connectivity index (χ0n) is 18.7. The summed E-state index contributed by atoms with van der Waals surface area (Å²) in [6, 6.07) is 38.8. The van der Waals surface area contributed by atoms with Crippen molar-refractivity contribution >= 4 is 32.8 Å². The van der Waals surface area contributed by atoms with Crippen LogP contribution in [0.2, 0.25) is 0 Å². The second kappa shape index (κ2) is 7.89. The molecule has 2 heterocycles. The van der Waals surface area contributed by atoms with Crippen molar-refractivity contribution in [3.63, 3.8) is 0 Å². The number of benzene rings is 5. The van der Waals surface area contributed by atoms with Gasteiger partial charge < -0.3 is 4.42 Å². The minimum atomic E-state index is 0.605. The number of aromatic nitrogens is 3. The maximum Gasteiger partial charge on any atom is 0.227 e. The Bertz CT molecular complexity index is 1850. The number of oxazole rings is 1.